The Balaban J connectivity index is 2.63. The average molecular weight is 277 g/mol. The molecule has 0 radical (unpaired) electrons. The zero-order chi connectivity index (χ0) is 15.2. The number of hydrogen-bond acceptors (Lipinski definition) is 6. The first-order chi connectivity index (χ1) is 9.39. The number of benzene rings is 1. The second kappa shape index (κ2) is 6.68. The first kappa shape index (κ1) is 15.7. The highest BCUT2D eigenvalue weighted by Crippen LogP contribution is 2.16. The molecular formula is C14H15NO5. The SMILES string of the molecule is CCOC(=O)C(C)(O)CC(=O)Oc1ccc(C#N)cc1. The summed E-state index contributed by atoms with van der Waals surface area (Å²) in [5, 5.41) is 18.5. The van der Waals surface area contributed by atoms with Crippen LogP contribution in [0.2, 0.25) is 0 Å². The van der Waals surface area contributed by atoms with Gasteiger partial charge in [0.15, 0.2) is 5.60 Å². The van der Waals surface area contributed by atoms with E-state index < -0.39 is 24.0 Å². The van der Waals surface area contributed by atoms with Crippen LogP contribution in [0.3, 0.4) is 0 Å². The van der Waals surface area contributed by atoms with Gasteiger partial charge in [0.1, 0.15) is 5.75 Å². The maximum Gasteiger partial charge on any atom is 0.338 e. The molecule has 0 aliphatic heterocycles. The van der Waals surface area contributed by atoms with Crippen molar-refractivity contribution < 1.29 is 24.2 Å². The molecule has 1 aromatic rings. The van der Waals surface area contributed by atoms with E-state index in [1.165, 1.54) is 31.2 Å². The molecule has 20 heavy (non-hydrogen) atoms. The number of rotatable bonds is 5. The summed E-state index contributed by atoms with van der Waals surface area (Å²) in [4.78, 5) is 23.1. The predicted octanol–water partition coefficient (Wildman–Crippen LogP) is 1.17. The van der Waals surface area contributed by atoms with Crippen LogP contribution in [-0.2, 0) is 14.3 Å². The van der Waals surface area contributed by atoms with E-state index in [1.807, 2.05) is 6.07 Å². The van der Waals surface area contributed by atoms with Crippen molar-refractivity contribution in [1.29, 1.82) is 5.26 Å². The normalized spacial score (nSPS) is 12.9. The van der Waals surface area contributed by atoms with Crippen LogP contribution in [0.25, 0.3) is 0 Å². The fourth-order valence-electron chi connectivity index (χ4n) is 1.40. The average Bonchev–Trinajstić information content (AvgIpc) is 2.39. The number of nitrogens with zero attached hydrogens (tertiary/aromatic N) is 1. The van der Waals surface area contributed by atoms with E-state index in [4.69, 9.17) is 10.00 Å². The van der Waals surface area contributed by atoms with Crippen molar-refractivity contribution >= 4 is 11.9 Å². The Morgan fingerprint density at radius 1 is 1.35 bits per heavy atom. The summed E-state index contributed by atoms with van der Waals surface area (Å²) in [7, 11) is 0. The lowest BCUT2D eigenvalue weighted by Crippen LogP contribution is -2.40. The molecular weight excluding hydrogens is 262 g/mol. The van der Waals surface area contributed by atoms with Gasteiger partial charge in [0, 0.05) is 0 Å². The third-order valence-electron chi connectivity index (χ3n) is 2.42. The Kier molecular flexibility index (Phi) is 5.23. The summed E-state index contributed by atoms with van der Waals surface area (Å²) < 4.78 is 9.62. The van der Waals surface area contributed by atoms with E-state index in [2.05, 4.69) is 4.74 Å². The third kappa shape index (κ3) is 4.37. The van der Waals surface area contributed by atoms with E-state index in [0.29, 0.717) is 5.56 Å². The minimum Gasteiger partial charge on any atom is -0.464 e. The molecule has 0 aromatic heterocycles. The summed E-state index contributed by atoms with van der Waals surface area (Å²) in [6.45, 7) is 2.90. The number of carbonyl (C=O) groups is 2. The van der Waals surface area contributed by atoms with Crippen molar-refractivity contribution in [2.24, 2.45) is 0 Å². The van der Waals surface area contributed by atoms with Gasteiger partial charge in [-0.25, -0.2) is 4.79 Å². The zero-order valence-corrected chi connectivity index (χ0v) is 11.3. The monoisotopic (exact) mass is 277 g/mol. The van der Waals surface area contributed by atoms with Crippen molar-refractivity contribution in [3.05, 3.63) is 29.8 Å². The number of carbonyl (C=O) groups excluding carboxylic acids is 2. The Morgan fingerprint density at radius 3 is 2.45 bits per heavy atom. The maximum atomic E-state index is 11.6. The largest absolute Gasteiger partial charge is 0.464 e. The topological polar surface area (TPSA) is 96.6 Å². The highest BCUT2D eigenvalue weighted by molar-refractivity contribution is 5.85. The van der Waals surface area contributed by atoms with Crippen LogP contribution in [0.4, 0.5) is 0 Å². The van der Waals surface area contributed by atoms with Crippen LogP contribution in [-0.4, -0.2) is 29.3 Å². The van der Waals surface area contributed by atoms with Crippen LogP contribution in [0.5, 0.6) is 5.75 Å². The van der Waals surface area contributed by atoms with Crippen LogP contribution in [0.1, 0.15) is 25.8 Å². The highest BCUT2D eigenvalue weighted by atomic mass is 16.6. The first-order valence-electron chi connectivity index (χ1n) is 5.99. The molecule has 1 rings (SSSR count). The molecule has 0 aliphatic rings. The molecule has 1 aromatic carbocycles. The first-order valence-corrected chi connectivity index (χ1v) is 5.99. The molecule has 1 N–H and O–H groups in total. The molecule has 6 heteroatoms. The Labute approximate surface area is 116 Å². The van der Waals surface area contributed by atoms with Crippen molar-refractivity contribution in [3.63, 3.8) is 0 Å². The second-order valence-electron chi connectivity index (χ2n) is 4.28. The van der Waals surface area contributed by atoms with Crippen molar-refractivity contribution in [2.45, 2.75) is 25.9 Å². The van der Waals surface area contributed by atoms with Gasteiger partial charge in [-0.3, -0.25) is 4.79 Å². The number of aliphatic hydroxyl groups is 1. The van der Waals surface area contributed by atoms with E-state index in [9.17, 15) is 14.7 Å². The predicted molar refractivity (Wildman–Crippen MR) is 68.7 cm³/mol. The lowest BCUT2D eigenvalue weighted by molar-refractivity contribution is -0.167. The van der Waals surface area contributed by atoms with E-state index >= 15 is 0 Å². The minimum atomic E-state index is -1.93. The standard InChI is InChI=1S/C14H15NO5/c1-3-19-13(17)14(2,18)8-12(16)20-11-6-4-10(9-15)5-7-11/h4-7,18H,3,8H2,1-2H3. The van der Waals surface area contributed by atoms with Gasteiger partial charge in [0.25, 0.3) is 0 Å². The van der Waals surface area contributed by atoms with Gasteiger partial charge in [-0.05, 0) is 38.1 Å². The quantitative estimate of drug-likeness (QED) is 0.641. The fourth-order valence-corrected chi connectivity index (χ4v) is 1.40. The van der Waals surface area contributed by atoms with E-state index in [0.717, 1.165) is 0 Å². The van der Waals surface area contributed by atoms with Crippen molar-refractivity contribution in [3.8, 4) is 11.8 Å². The van der Waals surface area contributed by atoms with Gasteiger partial charge < -0.3 is 14.6 Å². The molecule has 0 amide bonds. The highest BCUT2D eigenvalue weighted by Gasteiger charge is 2.35. The smallest absolute Gasteiger partial charge is 0.338 e. The van der Waals surface area contributed by atoms with Gasteiger partial charge in [-0.1, -0.05) is 0 Å². The molecule has 106 valence electrons. The molecule has 1 unspecified atom stereocenters. The summed E-state index contributed by atoms with van der Waals surface area (Å²) in [6, 6.07) is 7.83. The zero-order valence-electron chi connectivity index (χ0n) is 11.3. The molecule has 0 heterocycles. The van der Waals surface area contributed by atoms with Crippen molar-refractivity contribution in [2.75, 3.05) is 6.61 Å². The summed E-state index contributed by atoms with van der Waals surface area (Å²) in [5.41, 5.74) is -1.50. The summed E-state index contributed by atoms with van der Waals surface area (Å²) >= 11 is 0. The Bertz CT molecular complexity index is 527. The minimum absolute atomic E-state index is 0.111. The number of hydrogen-bond donors (Lipinski definition) is 1. The lowest BCUT2D eigenvalue weighted by atomic mass is 10.0. The summed E-state index contributed by atoms with van der Waals surface area (Å²) in [6.07, 6.45) is -0.522. The van der Waals surface area contributed by atoms with Gasteiger partial charge in [-0.15, -0.1) is 0 Å². The van der Waals surface area contributed by atoms with Crippen LogP contribution >= 0.6 is 0 Å². The molecule has 0 bridgehead atoms. The lowest BCUT2D eigenvalue weighted by Gasteiger charge is -2.19. The van der Waals surface area contributed by atoms with E-state index in [1.54, 1.807) is 6.92 Å². The number of esters is 2. The third-order valence-corrected chi connectivity index (χ3v) is 2.42. The Hall–Kier alpha value is -2.39. The van der Waals surface area contributed by atoms with Crippen LogP contribution < -0.4 is 4.74 Å². The van der Waals surface area contributed by atoms with Gasteiger partial charge in [0.2, 0.25) is 0 Å². The van der Waals surface area contributed by atoms with Gasteiger partial charge in [0.05, 0.1) is 24.7 Å². The number of nitriles is 1. The molecule has 0 saturated carbocycles. The van der Waals surface area contributed by atoms with Crippen LogP contribution in [0.15, 0.2) is 24.3 Å². The van der Waals surface area contributed by atoms with Crippen LogP contribution in [0, 0.1) is 11.3 Å². The van der Waals surface area contributed by atoms with E-state index in [-0.39, 0.29) is 12.4 Å². The Morgan fingerprint density at radius 2 is 1.95 bits per heavy atom. The van der Waals surface area contributed by atoms with Crippen molar-refractivity contribution in [1.82, 2.24) is 0 Å². The molecule has 1 atom stereocenters. The fraction of sp³-hybridized carbons (Fsp3) is 0.357. The summed E-state index contributed by atoms with van der Waals surface area (Å²) in [5.74, 6) is -1.42. The number of ether oxygens (including phenoxy) is 2. The van der Waals surface area contributed by atoms with Gasteiger partial charge in [-0.2, -0.15) is 5.26 Å². The molecule has 0 saturated heterocycles. The molecule has 0 spiro atoms. The second-order valence-corrected chi connectivity index (χ2v) is 4.28. The van der Waals surface area contributed by atoms with Gasteiger partial charge >= 0.3 is 11.9 Å². The maximum absolute atomic E-state index is 11.6. The molecule has 0 aliphatic carbocycles. The molecule has 6 nitrogen and oxygen atoms in total. The molecule has 0 fully saturated rings.